The first kappa shape index (κ1) is 21.4. The number of esters is 1. The van der Waals surface area contributed by atoms with Crippen molar-refractivity contribution in [3.05, 3.63) is 35.9 Å². The smallest absolute Gasteiger partial charge is 0.328 e. The maximum atomic E-state index is 12.1. The van der Waals surface area contributed by atoms with Crippen LogP contribution in [0.4, 0.5) is 0 Å². The fraction of sp³-hybridized carbons (Fsp3) is 0.333. The monoisotopic (exact) mass is 358 g/mol. The van der Waals surface area contributed by atoms with E-state index < -0.39 is 36.4 Å². The van der Waals surface area contributed by atoms with Crippen molar-refractivity contribution in [1.29, 1.82) is 0 Å². The van der Waals surface area contributed by atoms with Crippen LogP contribution in [0.25, 0.3) is 0 Å². The zero-order chi connectivity index (χ0) is 17.2. The van der Waals surface area contributed by atoms with Gasteiger partial charge in [0.15, 0.2) is 0 Å². The lowest BCUT2D eigenvalue weighted by atomic mass is 10.1. The number of nitrogens with one attached hydrogen (secondary N) is 2. The molecule has 1 rings (SSSR count). The molecule has 24 heavy (non-hydrogen) atoms. The maximum absolute atomic E-state index is 12.1. The van der Waals surface area contributed by atoms with Crippen molar-refractivity contribution in [2.45, 2.75) is 24.9 Å². The second-order valence-corrected chi connectivity index (χ2v) is 4.71. The molecule has 8 nitrogen and oxygen atoms in total. The first-order valence-corrected chi connectivity index (χ1v) is 6.81. The summed E-state index contributed by atoms with van der Waals surface area (Å²) in [6.07, 6.45) is -0.179. The number of amides is 2. The molecule has 0 heterocycles. The normalized spacial score (nSPS) is 12.0. The van der Waals surface area contributed by atoms with E-state index in [1.54, 1.807) is 24.3 Å². The van der Waals surface area contributed by atoms with Crippen molar-refractivity contribution in [3.63, 3.8) is 0 Å². The number of carboxylic acid groups (broad SMARTS) is 1. The third-order valence-corrected chi connectivity index (χ3v) is 3.05. The van der Waals surface area contributed by atoms with Crippen LogP contribution in [-0.4, -0.2) is 48.6 Å². The van der Waals surface area contributed by atoms with E-state index in [1.165, 1.54) is 7.11 Å². The van der Waals surface area contributed by atoms with Crippen molar-refractivity contribution in [2.24, 2.45) is 0 Å². The minimum atomic E-state index is -1.27. The van der Waals surface area contributed by atoms with Crippen molar-refractivity contribution in [2.75, 3.05) is 7.11 Å². The third kappa shape index (κ3) is 7.10. The number of methoxy groups -OCH3 is 1. The average Bonchev–Trinajstić information content (AvgIpc) is 2.53. The summed E-state index contributed by atoms with van der Waals surface area (Å²) in [4.78, 5) is 45.1. The Hall–Kier alpha value is -2.61. The van der Waals surface area contributed by atoms with E-state index in [0.29, 0.717) is 0 Å². The number of aliphatic carboxylic acids is 1. The number of benzene rings is 1. The second-order valence-electron chi connectivity index (χ2n) is 4.71. The molecule has 0 bridgehead atoms. The highest BCUT2D eigenvalue weighted by Gasteiger charge is 2.27. The lowest BCUT2D eigenvalue weighted by Gasteiger charge is -2.20. The Morgan fingerprint density at radius 1 is 1.21 bits per heavy atom. The highest BCUT2D eigenvalue weighted by atomic mass is 35.5. The molecule has 1 aromatic rings. The van der Waals surface area contributed by atoms with Crippen LogP contribution in [0.5, 0.6) is 0 Å². The van der Waals surface area contributed by atoms with E-state index in [0.717, 1.165) is 5.56 Å². The minimum absolute atomic E-state index is 0. The van der Waals surface area contributed by atoms with Crippen LogP contribution >= 0.6 is 12.4 Å². The summed E-state index contributed by atoms with van der Waals surface area (Å²) in [6, 6.07) is 6.68. The lowest BCUT2D eigenvalue weighted by molar-refractivity contribution is -0.145. The van der Waals surface area contributed by atoms with Crippen molar-refractivity contribution >= 4 is 36.7 Å². The molecule has 0 aromatic heterocycles. The second kappa shape index (κ2) is 11.0. The molecular weight excluding hydrogens is 340 g/mol. The molecule has 1 aromatic carbocycles. The Morgan fingerprint density at radius 3 is 2.33 bits per heavy atom. The largest absolute Gasteiger partial charge is 0.481 e. The molecule has 2 unspecified atom stereocenters. The first-order chi connectivity index (χ1) is 11.0. The van der Waals surface area contributed by atoms with Crippen LogP contribution in [0.1, 0.15) is 12.0 Å². The number of hydrogen-bond acceptors (Lipinski definition) is 5. The van der Waals surface area contributed by atoms with Gasteiger partial charge in [-0.1, -0.05) is 30.3 Å². The molecule has 2 amide bonds. The lowest BCUT2D eigenvalue weighted by Crippen LogP contribution is -2.51. The number of carbonyl (C=O) groups is 4. The van der Waals surface area contributed by atoms with E-state index in [4.69, 9.17) is 5.11 Å². The van der Waals surface area contributed by atoms with Gasteiger partial charge in [0.05, 0.1) is 13.5 Å². The predicted octanol–water partition coefficient (Wildman–Crippen LogP) is -0.102. The SMILES string of the molecule is COC(=O)C(Cc1ccccc1)NC(=O)C(CC(=O)O)NC=O.Cl. The third-order valence-electron chi connectivity index (χ3n) is 3.05. The number of halogens is 1. The maximum Gasteiger partial charge on any atom is 0.328 e. The van der Waals surface area contributed by atoms with E-state index in [1.807, 2.05) is 6.07 Å². The molecule has 132 valence electrons. The summed E-state index contributed by atoms with van der Waals surface area (Å²) in [7, 11) is 1.19. The Bertz CT molecular complexity index is 566. The Labute approximate surface area is 145 Å². The van der Waals surface area contributed by atoms with E-state index in [-0.39, 0.29) is 25.2 Å². The number of hydrogen-bond donors (Lipinski definition) is 3. The van der Waals surface area contributed by atoms with E-state index >= 15 is 0 Å². The topological polar surface area (TPSA) is 122 Å². The Kier molecular flexibility index (Phi) is 9.81. The summed E-state index contributed by atoms with van der Waals surface area (Å²) >= 11 is 0. The van der Waals surface area contributed by atoms with Crippen molar-refractivity contribution < 1.29 is 29.0 Å². The quantitative estimate of drug-likeness (QED) is 0.418. The zero-order valence-corrected chi connectivity index (χ0v) is 13.7. The van der Waals surface area contributed by atoms with Crippen LogP contribution in [0.15, 0.2) is 30.3 Å². The fourth-order valence-corrected chi connectivity index (χ4v) is 1.94. The number of carbonyl (C=O) groups excluding carboxylic acids is 3. The molecule has 2 atom stereocenters. The van der Waals surface area contributed by atoms with Gasteiger partial charge in [0.25, 0.3) is 0 Å². The van der Waals surface area contributed by atoms with Gasteiger partial charge in [-0.05, 0) is 5.56 Å². The minimum Gasteiger partial charge on any atom is -0.481 e. The summed E-state index contributed by atoms with van der Waals surface area (Å²) in [5.74, 6) is -2.69. The molecule has 0 aliphatic carbocycles. The Balaban J connectivity index is 0.00000529. The molecule has 0 fully saturated rings. The fourth-order valence-electron chi connectivity index (χ4n) is 1.94. The molecule has 0 aliphatic rings. The van der Waals surface area contributed by atoms with Gasteiger partial charge in [-0.25, -0.2) is 4.79 Å². The van der Waals surface area contributed by atoms with E-state index in [2.05, 4.69) is 15.4 Å². The van der Waals surface area contributed by atoms with Crippen LogP contribution in [0, 0.1) is 0 Å². The number of carboxylic acids is 1. The van der Waals surface area contributed by atoms with E-state index in [9.17, 15) is 19.2 Å². The molecular formula is C15H19ClN2O6. The molecule has 3 N–H and O–H groups in total. The van der Waals surface area contributed by atoms with Gasteiger partial charge in [0.2, 0.25) is 12.3 Å². The van der Waals surface area contributed by atoms with Crippen LogP contribution in [-0.2, 0) is 30.3 Å². The highest BCUT2D eigenvalue weighted by Crippen LogP contribution is 2.05. The average molecular weight is 359 g/mol. The zero-order valence-electron chi connectivity index (χ0n) is 12.9. The van der Waals surface area contributed by atoms with Gasteiger partial charge in [0, 0.05) is 6.42 Å². The van der Waals surface area contributed by atoms with Crippen molar-refractivity contribution in [1.82, 2.24) is 10.6 Å². The van der Waals surface area contributed by atoms with Gasteiger partial charge in [-0.15, -0.1) is 12.4 Å². The van der Waals surface area contributed by atoms with Crippen LogP contribution in [0.3, 0.4) is 0 Å². The van der Waals surface area contributed by atoms with Gasteiger partial charge < -0.3 is 20.5 Å². The summed E-state index contributed by atoms with van der Waals surface area (Å²) in [5, 5.41) is 13.3. The predicted molar refractivity (Wildman–Crippen MR) is 86.6 cm³/mol. The summed E-state index contributed by atoms with van der Waals surface area (Å²) in [5.41, 5.74) is 0.793. The molecule has 0 saturated heterocycles. The molecule has 0 radical (unpaired) electrons. The molecule has 9 heteroatoms. The van der Waals surface area contributed by atoms with Crippen LogP contribution < -0.4 is 10.6 Å². The molecule has 0 saturated carbocycles. The van der Waals surface area contributed by atoms with Gasteiger partial charge in [0.1, 0.15) is 12.1 Å². The standard InChI is InChI=1S/C15H18N2O6.ClH/c1-23-15(22)12(7-10-5-3-2-4-6-10)17-14(21)11(16-9-18)8-13(19)20;/h2-6,9,11-12H,7-8H2,1H3,(H,16,18)(H,17,21)(H,19,20);1H. The number of ether oxygens (including phenoxy) is 1. The molecule has 0 aliphatic heterocycles. The number of rotatable bonds is 9. The van der Waals surface area contributed by atoms with Gasteiger partial charge in [-0.2, -0.15) is 0 Å². The molecule has 0 spiro atoms. The first-order valence-electron chi connectivity index (χ1n) is 6.81. The van der Waals surface area contributed by atoms with Gasteiger partial charge in [-0.3, -0.25) is 14.4 Å². The summed E-state index contributed by atoms with van der Waals surface area (Å²) in [6.45, 7) is 0. The Morgan fingerprint density at radius 2 is 1.83 bits per heavy atom. The summed E-state index contributed by atoms with van der Waals surface area (Å²) < 4.78 is 4.65. The van der Waals surface area contributed by atoms with Crippen molar-refractivity contribution in [3.8, 4) is 0 Å². The van der Waals surface area contributed by atoms with Gasteiger partial charge >= 0.3 is 11.9 Å². The highest BCUT2D eigenvalue weighted by molar-refractivity contribution is 5.91. The van der Waals surface area contributed by atoms with Crippen LogP contribution in [0.2, 0.25) is 0 Å².